The molecule has 78 valence electrons. The smallest absolute Gasteiger partial charge is 0.207 e. The average Bonchev–Trinajstić information content (AvgIpc) is 2.16. The fraction of sp³-hybridized carbons (Fsp3) is 0.889. The van der Waals surface area contributed by atoms with Crippen LogP contribution in [-0.2, 0) is 9.53 Å². The molecule has 0 aromatic carbocycles. The van der Waals surface area contributed by atoms with Gasteiger partial charge in [0.25, 0.3) is 0 Å². The van der Waals surface area contributed by atoms with Gasteiger partial charge in [0.15, 0.2) is 0 Å². The number of ether oxygens (including phenoxy) is 1. The summed E-state index contributed by atoms with van der Waals surface area (Å²) >= 11 is 0. The summed E-state index contributed by atoms with van der Waals surface area (Å²) in [5.41, 5.74) is 5.33. The Morgan fingerprint density at radius 1 is 1.15 bits per heavy atom. The van der Waals surface area contributed by atoms with Crippen LogP contribution in [0.1, 0.15) is 25.7 Å². The fourth-order valence-corrected chi connectivity index (χ4v) is 0.941. The average molecular weight is 188 g/mol. The molecule has 0 unspecified atom stereocenters. The molecule has 0 fully saturated rings. The van der Waals surface area contributed by atoms with Gasteiger partial charge in [0.2, 0.25) is 6.41 Å². The van der Waals surface area contributed by atoms with Gasteiger partial charge in [-0.05, 0) is 32.2 Å². The van der Waals surface area contributed by atoms with Crippen LogP contribution in [0.5, 0.6) is 0 Å². The minimum absolute atomic E-state index is 0.724. The molecule has 0 bridgehead atoms. The van der Waals surface area contributed by atoms with Crippen molar-refractivity contribution in [2.45, 2.75) is 25.7 Å². The minimum atomic E-state index is 0.724. The second kappa shape index (κ2) is 11.4. The molecule has 4 nitrogen and oxygen atoms in total. The van der Waals surface area contributed by atoms with Gasteiger partial charge in [0.1, 0.15) is 0 Å². The number of hydrogen-bond donors (Lipinski definition) is 2. The highest BCUT2D eigenvalue weighted by Gasteiger charge is 1.89. The summed E-state index contributed by atoms with van der Waals surface area (Å²) in [5.74, 6) is 0. The number of carbonyl (C=O) groups is 1. The van der Waals surface area contributed by atoms with Crippen molar-refractivity contribution in [3.05, 3.63) is 0 Å². The van der Waals surface area contributed by atoms with Crippen molar-refractivity contribution in [1.82, 2.24) is 5.32 Å². The van der Waals surface area contributed by atoms with Gasteiger partial charge >= 0.3 is 0 Å². The van der Waals surface area contributed by atoms with Gasteiger partial charge in [0, 0.05) is 19.8 Å². The normalized spacial score (nSPS) is 9.92. The van der Waals surface area contributed by atoms with E-state index in [4.69, 9.17) is 10.5 Å². The highest BCUT2D eigenvalue weighted by Crippen LogP contribution is 1.91. The number of hydrogen-bond acceptors (Lipinski definition) is 3. The maximum absolute atomic E-state index is 9.86. The largest absolute Gasteiger partial charge is 0.381 e. The van der Waals surface area contributed by atoms with Crippen molar-refractivity contribution in [1.29, 1.82) is 0 Å². The standard InChI is InChI=1S/C9H20N2O2/c10-5-1-3-7-13-8-4-2-6-11-9-12/h9H,1-8,10H2,(H,11,12). The molecular formula is C9H20N2O2. The van der Waals surface area contributed by atoms with E-state index >= 15 is 0 Å². The van der Waals surface area contributed by atoms with Crippen molar-refractivity contribution >= 4 is 6.41 Å². The van der Waals surface area contributed by atoms with Gasteiger partial charge in [-0.3, -0.25) is 4.79 Å². The van der Waals surface area contributed by atoms with Crippen LogP contribution in [0, 0.1) is 0 Å². The number of carbonyl (C=O) groups excluding carboxylic acids is 1. The summed E-state index contributed by atoms with van der Waals surface area (Å²) < 4.78 is 5.34. The third-order valence-corrected chi connectivity index (χ3v) is 1.69. The van der Waals surface area contributed by atoms with E-state index in [-0.39, 0.29) is 0 Å². The van der Waals surface area contributed by atoms with E-state index in [0.29, 0.717) is 0 Å². The molecule has 0 saturated carbocycles. The molecule has 0 aliphatic rings. The van der Waals surface area contributed by atoms with Crippen LogP contribution in [0.4, 0.5) is 0 Å². The third-order valence-electron chi connectivity index (χ3n) is 1.69. The number of rotatable bonds is 10. The Bertz CT molecular complexity index is 110. The van der Waals surface area contributed by atoms with E-state index in [0.717, 1.165) is 58.4 Å². The Hall–Kier alpha value is -0.610. The fourth-order valence-electron chi connectivity index (χ4n) is 0.941. The van der Waals surface area contributed by atoms with Gasteiger partial charge in [0.05, 0.1) is 0 Å². The van der Waals surface area contributed by atoms with Gasteiger partial charge in [-0.25, -0.2) is 0 Å². The second-order valence-corrected chi connectivity index (χ2v) is 2.89. The Balaban J connectivity index is 2.79. The quantitative estimate of drug-likeness (QED) is 0.382. The maximum atomic E-state index is 9.86. The molecule has 0 radical (unpaired) electrons. The Morgan fingerprint density at radius 3 is 2.46 bits per heavy atom. The molecule has 0 aromatic rings. The van der Waals surface area contributed by atoms with E-state index in [1.54, 1.807) is 0 Å². The first-order valence-corrected chi connectivity index (χ1v) is 4.86. The van der Waals surface area contributed by atoms with Crippen LogP contribution >= 0.6 is 0 Å². The summed E-state index contributed by atoms with van der Waals surface area (Å²) in [4.78, 5) is 9.86. The molecule has 0 rings (SSSR count). The molecule has 0 spiro atoms. The van der Waals surface area contributed by atoms with E-state index < -0.39 is 0 Å². The number of nitrogens with one attached hydrogen (secondary N) is 1. The highest BCUT2D eigenvalue weighted by atomic mass is 16.5. The maximum Gasteiger partial charge on any atom is 0.207 e. The Kier molecular flexibility index (Phi) is 10.9. The number of amides is 1. The molecule has 0 aliphatic heterocycles. The number of unbranched alkanes of at least 4 members (excludes halogenated alkanes) is 2. The molecule has 13 heavy (non-hydrogen) atoms. The molecule has 3 N–H and O–H groups in total. The molecule has 1 amide bonds. The summed E-state index contributed by atoms with van der Waals surface area (Å²) in [7, 11) is 0. The van der Waals surface area contributed by atoms with Gasteiger partial charge in [-0.2, -0.15) is 0 Å². The van der Waals surface area contributed by atoms with E-state index in [2.05, 4.69) is 5.32 Å². The third kappa shape index (κ3) is 11.4. The van der Waals surface area contributed by atoms with Crippen molar-refractivity contribution in [3.63, 3.8) is 0 Å². The van der Waals surface area contributed by atoms with Crippen molar-refractivity contribution in [3.8, 4) is 0 Å². The summed E-state index contributed by atoms with van der Waals surface area (Å²) in [5, 5.41) is 2.61. The minimum Gasteiger partial charge on any atom is -0.381 e. The number of nitrogens with two attached hydrogens (primary N) is 1. The van der Waals surface area contributed by atoms with Crippen LogP contribution in [0.25, 0.3) is 0 Å². The summed E-state index contributed by atoms with van der Waals surface area (Å²) in [6, 6.07) is 0. The van der Waals surface area contributed by atoms with Crippen molar-refractivity contribution < 1.29 is 9.53 Å². The molecule has 4 heteroatoms. The lowest BCUT2D eigenvalue weighted by Gasteiger charge is -2.02. The van der Waals surface area contributed by atoms with Crippen LogP contribution in [0.3, 0.4) is 0 Å². The molecule has 0 aliphatic carbocycles. The SMILES string of the molecule is NCCCCOCCCCNC=O. The first kappa shape index (κ1) is 12.4. The monoisotopic (exact) mass is 188 g/mol. The van der Waals surface area contributed by atoms with E-state index in [1.807, 2.05) is 0 Å². The highest BCUT2D eigenvalue weighted by molar-refractivity contribution is 5.45. The van der Waals surface area contributed by atoms with Crippen molar-refractivity contribution in [2.75, 3.05) is 26.3 Å². The lowest BCUT2D eigenvalue weighted by molar-refractivity contribution is -0.109. The van der Waals surface area contributed by atoms with E-state index in [9.17, 15) is 4.79 Å². The predicted octanol–water partition coefficient (Wildman–Crippen LogP) is 0.268. The molecule has 0 heterocycles. The first-order valence-electron chi connectivity index (χ1n) is 4.86. The summed E-state index contributed by atoms with van der Waals surface area (Å²) in [6.07, 6.45) is 4.79. The van der Waals surface area contributed by atoms with Gasteiger partial charge in [-0.1, -0.05) is 0 Å². The van der Waals surface area contributed by atoms with Gasteiger partial charge in [-0.15, -0.1) is 0 Å². The zero-order valence-corrected chi connectivity index (χ0v) is 8.13. The van der Waals surface area contributed by atoms with Crippen LogP contribution in [0.15, 0.2) is 0 Å². The Morgan fingerprint density at radius 2 is 1.85 bits per heavy atom. The molecule has 0 saturated heterocycles. The Labute approximate surface area is 79.8 Å². The molecule has 0 aromatic heterocycles. The topological polar surface area (TPSA) is 64.3 Å². The van der Waals surface area contributed by atoms with Crippen LogP contribution in [-0.4, -0.2) is 32.7 Å². The van der Waals surface area contributed by atoms with Gasteiger partial charge < -0.3 is 15.8 Å². The lowest BCUT2D eigenvalue weighted by atomic mass is 10.3. The van der Waals surface area contributed by atoms with Crippen LogP contribution < -0.4 is 11.1 Å². The summed E-state index contributed by atoms with van der Waals surface area (Å²) in [6.45, 7) is 3.08. The lowest BCUT2D eigenvalue weighted by Crippen LogP contribution is -2.12. The molecular weight excluding hydrogens is 168 g/mol. The van der Waals surface area contributed by atoms with Crippen LogP contribution in [0.2, 0.25) is 0 Å². The first-order chi connectivity index (χ1) is 6.41. The zero-order valence-electron chi connectivity index (χ0n) is 8.13. The molecule has 0 atom stereocenters. The van der Waals surface area contributed by atoms with Crippen molar-refractivity contribution in [2.24, 2.45) is 5.73 Å². The van der Waals surface area contributed by atoms with E-state index in [1.165, 1.54) is 0 Å². The zero-order chi connectivity index (χ0) is 9.78. The predicted molar refractivity (Wildman–Crippen MR) is 52.4 cm³/mol. The second-order valence-electron chi connectivity index (χ2n) is 2.89.